The molecular weight excluding hydrogens is 280 g/mol. The van der Waals surface area contributed by atoms with Crippen molar-refractivity contribution in [3.05, 3.63) is 23.8 Å². The second kappa shape index (κ2) is 5.26. The van der Waals surface area contributed by atoms with Crippen molar-refractivity contribution in [1.82, 2.24) is 0 Å². The molecule has 0 amide bonds. The van der Waals surface area contributed by atoms with E-state index >= 15 is 0 Å². The Balaban J connectivity index is 1.66. The van der Waals surface area contributed by atoms with Gasteiger partial charge in [-0.25, -0.2) is 0 Å². The van der Waals surface area contributed by atoms with Gasteiger partial charge in [-0.3, -0.25) is 4.79 Å². The van der Waals surface area contributed by atoms with E-state index in [0.717, 1.165) is 25.7 Å². The normalized spacial score (nSPS) is 26.6. The van der Waals surface area contributed by atoms with Crippen LogP contribution in [0, 0.1) is 5.92 Å². The lowest BCUT2D eigenvalue weighted by Crippen LogP contribution is -2.27. The Hall–Kier alpha value is -1.69. The van der Waals surface area contributed by atoms with Gasteiger partial charge in [0.05, 0.1) is 0 Å². The molecule has 0 radical (unpaired) electrons. The molecule has 1 aliphatic heterocycles. The molecule has 2 N–H and O–H groups in total. The van der Waals surface area contributed by atoms with E-state index in [4.69, 9.17) is 5.73 Å². The standard InChI is InChI=1S/C15H17F2NO3/c16-15(17)20-13-6-3-10(8-14(13)21-15)12(19)7-9-1-4-11(18)5-2-9/h3,6,8-9,11H,1-2,4-5,7,18H2. The SMILES string of the molecule is NC1CCC(CC(=O)c2ccc3c(c2)OC(F)(F)O3)CC1. The van der Waals surface area contributed by atoms with E-state index in [-0.39, 0.29) is 23.3 Å². The van der Waals surface area contributed by atoms with E-state index in [2.05, 4.69) is 9.47 Å². The van der Waals surface area contributed by atoms with Crippen LogP contribution in [-0.2, 0) is 0 Å². The summed E-state index contributed by atoms with van der Waals surface area (Å²) < 4.78 is 34.6. The lowest BCUT2D eigenvalue weighted by atomic mass is 9.82. The fourth-order valence-corrected chi connectivity index (χ4v) is 2.89. The molecule has 4 nitrogen and oxygen atoms in total. The molecule has 1 fully saturated rings. The largest absolute Gasteiger partial charge is 0.586 e. The number of nitrogens with two attached hydrogens (primary N) is 1. The monoisotopic (exact) mass is 297 g/mol. The first-order valence-electron chi connectivity index (χ1n) is 7.11. The van der Waals surface area contributed by atoms with Gasteiger partial charge in [-0.2, -0.15) is 0 Å². The topological polar surface area (TPSA) is 61.6 Å². The Bertz CT molecular complexity index is 554. The summed E-state index contributed by atoms with van der Waals surface area (Å²) in [6.07, 6.45) is 0.522. The van der Waals surface area contributed by atoms with Crippen molar-refractivity contribution in [2.75, 3.05) is 0 Å². The van der Waals surface area contributed by atoms with Crippen LogP contribution in [-0.4, -0.2) is 18.1 Å². The summed E-state index contributed by atoms with van der Waals surface area (Å²) in [6.45, 7) is 0. The molecule has 1 heterocycles. The number of fused-ring (bicyclic) bond motifs is 1. The third-order valence-corrected chi connectivity index (χ3v) is 4.09. The van der Waals surface area contributed by atoms with Gasteiger partial charge in [-0.1, -0.05) is 0 Å². The molecule has 0 unspecified atom stereocenters. The van der Waals surface area contributed by atoms with Crippen LogP contribution in [0.15, 0.2) is 18.2 Å². The molecule has 1 aromatic carbocycles. The molecule has 21 heavy (non-hydrogen) atoms. The average molecular weight is 297 g/mol. The van der Waals surface area contributed by atoms with Crippen molar-refractivity contribution in [3.63, 3.8) is 0 Å². The van der Waals surface area contributed by atoms with Gasteiger partial charge in [0.1, 0.15) is 0 Å². The zero-order chi connectivity index (χ0) is 15.0. The number of ether oxygens (including phenoxy) is 2. The van der Waals surface area contributed by atoms with Gasteiger partial charge in [-0.15, -0.1) is 8.78 Å². The van der Waals surface area contributed by atoms with Crippen LogP contribution < -0.4 is 15.2 Å². The number of carbonyl (C=O) groups is 1. The number of alkyl halides is 2. The maximum absolute atomic E-state index is 12.9. The Labute approximate surface area is 121 Å². The van der Waals surface area contributed by atoms with Crippen LogP contribution in [0.5, 0.6) is 11.5 Å². The highest BCUT2D eigenvalue weighted by molar-refractivity contribution is 5.96. The molecule has 2 aliphatic rings. The third kappa shape index (κ3) is 3.15. The number of Topliss-reactive ketones (excluding diaryl/α,β-unsaturated/α-hetero) is 1. The summed E-state index contributed by atoms with van der Waals surface area (Å²) >= 11 is 0. The maximum atomic E-state index is 12.9. The molecule has 0 saturated heterocycles. The van der Waals surface area contributed by atoms with E-state index in [1.54, 1.807) is 0 Å². The van der Waals surface area contributed by atoms with Crippen LogP contribution in [0.3, 0.4) is 0 Å². The molecule has 6 heteroatoms. The first kappa shape index (κ1) is 14.3. The van der Waals surface area contributed by atoms with Gasteiger partial charge < -0.3 is 15.2 Å². The van der Waals surface area contributed by atoms with E-state index in [1.807, 2.05) is 0 Å². The van der Waals surface area contributed by atoms with Crippen molar-refractivity contribution >= 4 is 5.78 Å². The molecule has 3 rings (SSSR count). The van der Waals surface area contributed by atoms with Crippen molar-refractivity contribution in [3.8, 4) is 11.5 Å². The number of halogens is 2. The van der Waals surface area contributed by atoms with E-state index in [0.29, 0.717) is 17.9 Å². The van der Waals surface area contributed by atoms with Crippen LogP contribution in [0.1, 0.15) is 42.5 Å². The highest BCUT2D eigenvalue weighted by atomic mass is 19.3. The Morgan fingerprint density at radius 2 is 1.86 bits per heavy atom. The molecule has 0 bridgehead atoms. The number of carbonyl (C=O) groups excluding carboxylic acids is 1. The summed E-state index contributed by atoms with van der Waals surface area (Å²) in [5.74, 6) is 0.137. The quantitative estimate of drug-likeness (QED) is 0.871. The van der Waals surface area contributed by atoms with Gasteiger partial charge in [0.15, 0.2) is 17.3 Å². The molecule has 1 saturated carbocycles. The summed E-state index contributed by atoms with van der Waals surface area (Å²) in [7, 11) is 0. The number of rotatable bonds is 3. The Morgan fingerprint density at radius 1 is 1.19 bits per heavy atom. The Morgan fingerprint density at radius 3 is 2.57 bits per heavy atom. The fraction of sp³-hybridized carbons (Fsp3) is 0.533. The van der Waals surface area contributed by atoms with Crippen LogP contribution in [0.25, 0.3) is 0 Å². The first-order chi connectivity index (χ1) is 9.93. The molecule has 1 aliphatic carbocycles. The summed E-state index contributed by atoms with van der Waals surface area (Å²) in [6, 6.07) is 4.41. The molecule has 0 aromatic heterocycles. The summed E-state index contributed by atoms with van der Waals surface area (Å²) in [5, 5.41) is 0. The highest BCUT2D eigenvalue weighted by Crippen LogP contribution is 2.41. The minimum Gasteiger partial charge on any atom is -0.395 e. The summed E-state index contributed by atoms with van der Waals surface area (Å²) in [5.41, 5.74) is 6.22. The maximum Gasteiger partial charge on any atom is 0.586 e. The van der Waals surface area contributed by atoms with Crippen molar-refractivity contribution in [2.24, 2.45) is 11.7 Å². The van der Waals surface area contributed by atoms with Crippen molar-refractivity contribution in [2.45, 2.75) is 44.4 Å². The number of hydrogen-bond acceptors (Lipinski definition) is 4. The number of hydrogen-bond donors (Lipinski definition) is 1. The summed E-state index contributed by atoms with van der Waals surface area (Å²) in [4.78, 5) is 12.2. The third-order valence-electron chi connectivity index (χ3n) is 4.09. The molecule has 114 valence electrons. The first-order valence-corrected chi connectivity index (χ1v) is 7.11. The highest BCUT2D eigenvalue weighted by Gasteiger charge is 2.43. The fourth-order valence-electron chi connectivity index (χ4n) is 2.89. The molecule has 0 atom stereocenters. The average Bonchev–Trinajstić information content (AvgIpc) is 2.74. The number of ketones is 1. The lowest BCUT2D eigenvalue weighted by molar-refractivity contribution is -0.286. The van der Waals surface area contributed by atoms with Crippen LogP contribution >= 0.6 is 0 Å². The number of benzene rings is 1. The van der Waals surface area contributed by atoms with E-state index in [1.165, 1.54) is 18.2 Å². The van der Waals surface area contributed by atoms with Crippen molar-refractivity contribution < 1.29 is 23.0 Å². The van der Waals surface area contributed by atoms with E-state index in [9.17, 15) is 13.6 Å². The smallest absolute Gasteiger partial charge is 0.395 e. The van der Waals surface area contributed by atoms with Gasteiger partial charge in [0, 0.05) is 18.0 Å². The minimum absolute atomic E-state index is 0.0415. The van der Waals surface area contributed by atoms with Gasteiger partial charge in [0.25, 0.3) is 0 Å². The zero-order valence-electron chi connectivity index (χ0n) is 11.5. The van der Waals surface area contributed by atoms with Gasteiger partial charge >= 0.3 is 6.29 Å². The van der Waals surface area contributed by atoms with E-state index < -0.39 is 6.29 Å². The predicted molar refractivity (Wildman–Crippen MR) is 71.5 cm³/mol. The van der Waals surface area contributed by atoms with Crippen LogP contribution in [0.4, 0.5) is 8.78 Å². The lowest BCUT2D eigenvalue weighted by Gasteiger charge is -2.25. The molecule has 1 aromatic rings. The second-order valence-electron chi connectivity index (χ2n) is 5.74. The Kier molecular flexibility index (Phi) is 3.57. The van der Waals surface area contributed by atoms with Crippen LogP contribution in [0.2, 0.25) is 0 Å². The second-order valence-corrected chi connectivity index (χ2v) is 5.74. The zero-order valence-corrected chi connectivity index (χ0v) is 11.5. The van der Waals surface area contributed by atoms with Crippen molar-refractivity contribution in [1.29, 1.82) is 0 Å². The van der Waals surface area contributed by atoms with Gasteiger partial charge in [-0.05, 0) is 49.8 Å². The van der Waals surface area contributed by atoms with Gasteiger partial charge in [0.2, 0.25) is 0 Å². The predicted octanol–water partition coefficient (Wildman–Crippen LogP) is 3.10. The molecular formula is C15H17F2NO3. The molecule has 0 spiro atoms. The minimum atomic E-state index is -3.65.